The molecule has 4 atom stereocenters. The molecule has 0 aromatic heterocycles. The minimum atomic E-state index is -3.41. The van der Waals surface area contributed by atoms with Crippen molar-refractivity contribution in [3.8, 4) is 0 Å². The number of nitrogens with zero attached hydrogens (tertiary/aromatic N) is 1. The minimum Gasteiger partial charge on any atom is -0.379 e. The lowest BCUT2D eigenvalue weighted by atomic mass is 9.90. The fourth-order valence-corrected chi connectivity index (χ4v) is 6.26. The van der Waals surface area contributed by atoms with E-state index >= 15 is 0 Å². The van der Waals surface area contributed by atoms with Gasteiger partial charge >= 0.3 is 0 Å². The van der Waals surface area contributed by atoms with Gasteiger partial charge in [0.25, 0.3) is 0 Å². The number of benzene rings is 1. The Kier molecular flexibility index (Phi) is 11.0. The second-order valence-electron chi connectivity index (χ2n) is 12.2. The van der Waals surface area contributed by atoms with E-state index in [2.05, 4.69) is 16.0 Å². The molecular formula is C30H44N4O8S. The molecule has 2 heterocycles. The SMILES string of the molecule is CC(NC(=O)CN1CCOCC1)C(=O)NC(Cc1ccc(S(C)(=O)=O)cc1)C(=O)NC(CC1CCCC1)C(=O)C1(C)CO1. The van der Waals surface area contributed by atoms with Crippen molar-refractivity contribution >= 4 is 33.3 Å². The molecule has 2 saturated heterocycles. The molecule has 2 aliphatic heterocycles. The van der Waals surface area contributed by atoms with Crippen molar-refractivity contribution in [3.05, 3.63) is 29.8 Å². The van der Waals surface area contributed by atoms with Crippen LogP contribution in [-0.2, 0) is 44.9 Å². The largest absolute Gasteiger partial charge is 0.379 e. The first-order chi connectivity index (χ1) is 20.3. The first kappa shape index (κ1) is 33.0. The number of epoxide rings is 1. The molecule has 1 aromatic rings. The highest BCUT2D eigenvalue weighted by atomic mass is 32.2. The highest BCUT2D eigenvalue weighted by Crippen LogP contribution is 2.33. The number of carbonyl (C=O) groups excluding carboxylic acids is 4. The number of ketones is 1. The standard InChI is InChI=1S/C30H44N4O8S/c1-20(31-26(35)18-34-12-14-41-15-13-34)28(37)33-25(17-22-8-10-23(11-9-22)43(3,39)40)29(38)32-24(16-21-6-4-5-7-21)27(36)30(2)19-42-30/h8-11,20-21,24-25H,4-7,12-19H2,1-3H3,(H,31,35)(H,32,38)(H,33,37). The monoisotopic (exact) mass is 620 g/mol. The van der Waals surface area contributed by atoms with E-state index in [0.717, 1.165) is 31.9 Å². The number of nitrogens with one attached hydrogen (secondary N) is 3. The Hall–Kier alpha value is -2.87. The fraction of sp³-hybridized carbons (Fsp3) is 0.667. The third kappa shape index (κ3) is 9.56. The van der Waals surface area contributed by atoms with E-state index in [1.54, 1.807) is 26.0 Å². The van der Waals surface area contributed by atoms with Gasteiger partial charge < -0.3 is 25.4 Å². The highest BCUT2D eigenvalue weighted by molar-refractivity contribution is 7.90. The highest BCUT2D eigenvalue weighted by Gasteiger charge is 2.50. The maximum absolute atomic E-state index is 13.7. The zero-order valence-corrected chi connectivity index (χ0v) is 26.0. The Balaban J connectivity index is 1.46. The molecule has 12 nitrogen and oxygen atoms in total. The van der Waals surface area contributed by atoms with Crippen LogP contribution in [0.15, 0.2) is 29.2 Å². The van der Waals surface area contributed by atoms with Crippen molar-refractivity contribution in [1.82, 2.24) is 20.9 Å². The molecule has 0 spiro atoms. The maximum Gasteiger partial charge on any atom is 0.243 e. The summed E-state index contributed by atoms with van der Waals surface area (Å²) in [7, 11) is -3.41. The Morgan fingerprint density at radius 3 is 2.16 bits per heavy atom. The molecular weight excluding hydrogens is 576 g/mol. The van der Waals surface area contributed by atoms with E-state index in [0.29, 0.717) is 50.8 Å². The van der Waals surface area contributed by atoms with E-state index in [-0.39, 0.29) is 29.6 Å². The second-order valence-corrected chi connectivity index (χ2v) is 14.2. The number of rotatable bonds is 14. The molecule has 0 radical (unpaired) electrons. The fourth-order valence-electron chi connectivity index (χ4n) is 5.63. The first-order valence-corrected chi connectivity index (χ1v) is 16.9. The van der Waals surface area contributed by atoms with Gasteiger partial charge in [0.1, 0.15) is 17.7 Å². The van der Waals surface area contributed by atoms with Gasteiger partial charge in [-0.3, -0.25) is 24.1 Å². The van der Waals surface area contributed by atoms with Crippen LogP contribution in [0.25, 0.3) is 0 Å². The number of amides is 3. The number of ether oxygens (including phenoxy) is 2. The van der Waals surface area contributed by atoms with Crippen LogP contribution in [0.5, 0.6) is 0 Å². The Morgan fingerprint density at radius 2 is 1.58 bits per heavy atom. The van der Waals surface area contributed by atoms with Crippen LogP contribution < -0.4 is 16.0 Å². The summed E-state index contributed by atoms with van der Waals surface area (Å²) in [4.78, 5) is 54.9. The Labute approximate surface area is 253 Å². The average molecular weight is 621 g/mol. The lowest BCUT2D eigenvalue weighted by molar-refractivity contribution is -0.134. The van der Waals surface area contributed by atoms with Gasteiger partial charge in [-0.05, 0) is 43.9 Å². The van der Waals surface area contributed by atoms with Gasteiger partial charge in [0, 0.05) is 25.8 Å². The molecule has 0 bridgehead atoms. The smallest absolute Gasteiger partial charge is 0.243 e. The van der Waals surface area contributed by atoms with Gasteiger partial charge in [0.2, 0.25) is 17.7 Å². The molecule has 4 rings (SSSR count). The van der Waals surface area contributed by atoms with Gasteiger partial charge in [-0.2, -0.15) is 0 Å². The molecule has 3 fully saturated rings. The summed E-state index contributed by atoms with van der Waals surface area (Å²) in [6.45, 7) is 6.02. The van der Waals surface area contributed by atoms with Crippen molar-refractivity contribution in [1.29, 1.82) is 0 Å². The summed E-state index contributed by atoms with van der Waals surface area (Å²) in [5.41, 5.74) is -0.302. The minimum absolute atomic E-state index is 0.0498. The lowest BCUT2D eigenvalue weighted by Gasteiger charge is -2.27. The number of hydrogen-bond acceptors (Lipinski definition) is 9. The van der Waals surface area contributed by atoms with Crippen LogP contribution in [0.3, 0.4) is 0 Å². The van der Waals surface area contributed by atoms with Gasteiger partial charge in [-0.1, -0.05) is 37.8 Å². The third-order valence-electron chi connectivity index (χ3n) is 8.44. The van der Waals surface area contributed by atoms with Crippen LogP contribution in [0, 0.1) is 5.92 Å². The summed E-state index contributed by atoms with van der Waals surface area (Å²) in [5, 5.41) is 8.34. The maximum atomic E-state index is 13.7. The average Bonchev–Trinajstić information content (AvgIpc) is 3.50. The van der Waals surface area contributed by atoms with Crippen LogP contribution in [0.2, 0.25) is 0 Å². The predicted molar refractivity (Wildman–Crippen MR) is 158 cm³/mol. The summed E-state index contributed by atoms with van der Waals surface area (Å²) in [5.74, 6) is -1.27. The zero-order chi connectivity index (χ0) is 31.2. The first-order valence-electron chi connectivity index (χ1n) is 15.0. The van der Waals surface area contributed by atoms with Crippen molar-refractivity contribution < 1.29 is 37.1 Å². The molecule has 3 amide bonds. The van der Waals surface area contributed by atoms with Gasteiger partial charge in [0.15, 0.2) is 15.6 Å². The molecule has 3 N–H and O–H groups in total. The number of Topliss-reactive ketones (excluding diaryl/α,β-unsaturated/α-hetero) is 1. The number of hydrogen-bond donors (Lipinski definition) is 3. The lowest BCUT2D eigenvalue weighted by Crippen LogP contribution is -2.57. The van der Waals surface area contributed by atoms with Gasteiger partial charge in [0.05, 0.1) is 37.3 Å². The summed E-state index contributed by atoms with van der Waals surface area (Å²) in [6, 6.07) is 3.32. The Bertz CT molecular complexity index is 1270. The van der Waals surface area contributed by atoms with E-state index in [9.17, 15) is 27.6 Å². The van der Waals surface area contributed by atoms with Crippen LogP contribution >= 0.6 is 0 Å². The number of morpholine rings is 1. The van der Waals surface area contributed by atoms with Crippen molar-refractivity contribution in [2.75, 3.05) is 45.7 Å². The Morgan fingerprint density at radius 1 is 0.977 bits per heavy atom. The van der Waals surface area contributed by atoms with E-state index in [4.69, 9.17) is 9.47 Å². The van der Waals surface area contributed by atoms with Crippen molar-refractivity contribution in [3.63, 3.8) is 0 Å². The normalized spacial score (nSPS) is 23.1. The number of sulfone groups is 1. The molecule has 1 aliphatic carbocycles. The molecule has 1 aromatic carbocycles. The summed E-state index contributed by atoms with van der Waals surface area (Å²) >= 11 is 0. The van der Waals surface area contributed by atoms with Crippen molar-refractivity contribution in [2.24, 2.45) is 5.92 Å². The molecule has 238 valence electrons. The third-order valence-corrected chi connectivity index (χ3v) is 9.57. The zero-order valence-electron chi connectivity index (χ0n) is 25.2. The van der Waals surface area contributed by atoms with E-state index in [1.165, 1.54) is 12.1 Å². The number of carbonyl (C=O) groups is 4. The molecule has 13 heteroatoms. The quantitative estimate of drug-likeness (QED) is 0.250. The molecule has 1 saturated carbocycles. The topological polar surface area (TPSA) is 164 Å². The van der Waals surface area contributed by atoms with Crippen LogP contribution in [-0.4, -0.2) is 106 Å². The molecule has 4 unspecified atom stereocenters. The summed E-state index contributed by atoms with van der Waals surface area (Å²) in [6.07, 6.45) is 5.82. The van der Waals surface area contributed by atoms with E-state index < -0.39 is 45.4 Å². The second kappa shape index (κ2) is 14.3. The van der Waals surface area contributed by atoms with Crippen LogP contribution in [0.4, 0.5) is 0 Å². The molecule has 43 heavy (non-hydrogen) atoms. The van der Waals surface area contributed by atoms with Gasteiger partial charge in [-0.15, -0.1) is 0 Å². The van der Waals surface area contributed by atoms with Crippen molar-refractivity contribution in [2.45, 2.75) is 81.0 Å². The molecule has 3 aliphatic rings. The summed E-state index contributed by atoms with van der Waals surface area (Å²) < 4.78 is 34.5. The van der Waals surface area contributed by atoms with E-state index in [1.807, 2.05) is 4.90 Å². The van der Waals surface area contributed by atoms with Gasteiger partial charge in [-0.25, -0.2) is 8.42 Å². The van der Waals surface area contributed by atoms with Crippen LogP contribution in [0.1, 0.15) is 51.5 Å². The predicted octanol–water partition coefficient (Wildman–Crippen LogP) is 0.377.